The predicted octanol–water partition coefficient (Wildman–Crippen LogP) is 3.41. The summed E-state index contributed by atoms with van der Waals surface area (Å²) in [5, 5.41) is 3.45. The molecule has 2 heterocycles. The number of carbonyl (C=O) groups excluding carboxylic acids is 1. The third kappa shape index (κ3) is 5.64. The van der Waals surface area contributed by atoms with Crippen molar-refractivity contribution < 1.29 is 22.0 Å². The third-order valence-corrected chi connectivity index (χ3v) is 9.19. The van der Waals surface area contributed by atoms with Crippen LogP contribution in [0, 0.1) is 0 Å². The summed E-state index contributed by atoms with van der Waals surface area (Å²) < 4.78 is 56.9. The zero-order valence-corrected chi connectivity index (χ0v) is 21.5. The van der Waals surface area contributed by atoms with Gasteiger partial charge < -0.3 is 9.88 Å². The van der Waals surface area contributed by atoms with Crippen molar-refractivity contribution in [3.63, 3.8) is 0 Å². The first-order valence-corrected chi connectivity index (χ1v) is 13.5. The number of sulfonamides is 1. The van der Waals surface area contributed by atoms with Crippen molar-refractivity contribution >= 4 is 39.1 Å². The van der Waals surface area contributed by atoms with E-state index in [1.54, 1.807) is 17.7 Å². The molecule has 192 valence electrons. The molecule has 35 heavy (non-hydrogen) atoms. The van der Waals surface area contributed by atoms with Crippen LogP contribution in [-0.2, 0) is 17.1 Å². The molecule has 2 aromatic rings. The van der Waals surface area contributed by atoms with Crippen LogP contribution < -0.4 is 5.32 Å². The van der Waals surface area contributed by atoms with E-state index in [0.717, 1.165) is 0 Å². The van der Waals surface area contributed by atoms with E-state index < -0.39 is 27.4 Å². The number of hydrogen-bond acceptors (Lipinski definition) is 5. The van der Waals surface area contributed by atoms with Crippen molar-refractivity contribution in [2.24, 2.45) is 7.05 Å². The van der Waals surface area contributed by atoms with Gasteiger partial charge >= 0.3 is 0 Å². The number of rotatable bonds is 6. The van der Waals surface area contributed by atoms with Gasteiger partial charge in [0.2, 0.25) is 5.92 Å². The molecule has 1 aromatic heterocycles. The number of hydrogen-bond donors (Lipinski definition) is 1. The summed E-state index contributed by atoms with van der Waals surface area (Å²) >= 11 is 12.1. The van der Waals surface area contributed by atoms with Crippen LogP contribution in [0.2, 0.25) is 10.0 Å². The molecule has 0 bridgehead atoms. The minimum absolute atomic E-state index is 0.0208. The molecule has 0 unspecified atom stereocenters. The molecule has 2 fully saturated rings. The fourth-order valence-corrected chi connectivity index (χ4v) is 6.64. The summed E-state index contributed by atoms with van der Waals surface area (Å²) in [5.74, 6) is -3.17. The molecule has 1 saturated heterocycles. The Kier molecular flexibility index (Phi) is 7.46. The number of piperazine rings is 1. The number of benzene rings is 1. The molecule has 4 rings (SSSR count). The van der Waals surface area contributed by atoms with Gasteiger partial charge in [-0.2, -0.15) is 4.31 Å². The Hall–Kier alpha value is -1.79. The molecule has 0 spiro atoms. The number of aromatic nitrogens is 2. The van der Waals surface area contributed by atoms with Gasteiger partial charge in [0, 0.05) is 69.4 Å². The van der Waals surface area contributed by atoms with Crippen LogP contribution in [0.15, 0.2) is 35.7 Å². The fraction of sp³-hybridized carbons (Fsp3) is 0.545. The number of aryl methyl sites for hydroxylation is 1. The summed E-state index contributed by atoms with van der Waals surface area (Å²) in [6.45, 7) is 1.26. The summed E-state index contributed by atoms with van der Waals surface area (Å²) in [4.78, 5) is 18.8. The molecular formula is C22H27Cl2F2N5O3S. The van der Waals surface area contributed by atoms with Gasteiger partial charge in [0.15, 0.2) is 5.03 Å². The molecule has 2 aliphatic rings. The van der Waals surface area contributed by atoms with Crippen molar-refractivity contribution in [2.45, 2.75) is 42.2 Å². The molecule has 8 nitrogen and oxygen atoms in total. The van der Waals surface area contributed by atoms with Crippen LogP contribution in [0.4, 0.5) is 8.78 Å². The topological polar surface area (TPSA) is 87.5 Å². The van der Waals surface area contributed by atoms with Crippen LogP contribution in [-0.4, -0.2) is 77.3 Å². The van der Waals surface area contributed by atoms with E-state index >= 15 is 0 Å². The van der Waals surface area contributed by atoms with Crippen molar-refractivity contribution in [2.75, 3.05) is 32.7 Å². The molecule has 1 aliphatic carbocycles. The summed E-state index contributed by atoms with van der Waals surface area (Å²) in [6.07, 6.45) is 2.65. The van der Waals surface area contributed by atoms with Crippen LogP contribution in [0.3, 0.4) is 0 Å². The first-order valence-electron chi connectivity index (χ1n) is 11.3. The minimum Gasteiger partial charge on any atom is -0.350 e. The SMILES string of the molecule is Cn1cnc(S(=O)(=O)N2CCN(C3(CNC(=O)c4ccc(Cl)cc4Cl)CCC(F)(F)CC3)CC2)c1. The van der Waals surface area contributed by atoms with Gasteiger partial charge in [-0.3, -0.25) is 9.69 Å². The second kappa shape index (κ2) is 9.93. The van der Waals surface area contributed by atoms with Gasteiger partial charge in [-0.25, -0.2) is 22.2 Å². The van der Waals surface area contributed by atoms with E-state index in [4.69, 9.17) is 23.2 Å². The number of alkyl halides is 2. The van der Waals surface area contributed by atoms with Gasteiger partial charge in [-0.15, -0.1) is 0 Å². The lowest BCUT2D eigenvalue weighted by molar-refractivity contribution is -0.0856. The van der Waals surface area contributed by atoms with E-state index in [1.807, 2.05) is 4.90 Å². The monoisotopic (exact) mass is 549 g/mol. The molecule has 1 amide bonds. The summed E-state index contributed by atoms with van der Waals surface area (Å²) in [5.41, 5.74) is -0.462. The van der Waals surface area contributed by atoms with Gasteiger partial charge in [0.1, 0.15) is 0 Å². The lowest BCUT2D eigenvalue weighted by Gasteiger charge is -2.50. The van der Waals surface area contributed by atoms with E-state index in [2.05, 4.69) is 10.3 Å². The number of halogens is 4. The second-order valence-electron chi connectivity index (χ2n) is 9.16. The third-order valence-electron chi connectivity index (χ3n) is 6.86. The van der Waals surface area contributed by atoms with Gasteiger partial charge in [0.05, 0.1) is 16.9 Å². The lowest BCUT2D eigenvalue weighted by atomic mass is 9.78. The summed E-state index contributed by atoms with van der Waals surface area (Å²) in [7, 11) is -2.05. The Bertz CT molecular complexity index is 1190. The van der Waals surface area contributed by atoms with Crippen molar-refractivity contribution in [1.82, 2.24) is 24.1 Å². The Morgan fingerprint density at radius 3 is 2.34 bits per heavy atom. The number of nitrogens with one attached hydrogen (secondary N) is 1. The fourth-order valence-electron chi connectivity index (χ4n) is 4.76. The quantitative estimate of drug-likeness (QED) is 0.596. The zero-order valence-electron chi connectivity index (χ0n) is 19.2. The van der Waals surface area contributed by atoms with Crippen LogP contribution in [0.1, 0.15) is 36.0 Å². The molecule has 13 heteroatoms. The number of nitrogens with zero attached hydrogens (tertiary/aromatic N) is 4. The smallest absolute Gasteiger partial charge is 0.262 e. The maximum Gasteiger partial charge on any atom is 0.262 e. The van der Waals surface area contributed by atoms with Crippen LogP contribution >= 0.6 is 23.2 Å². The molecule has 1 N–H and O–H groups in total. The van der Waals surface area contributed by atoms with E-state index in [-0.39, 0.29) is 60.9 Å². The average molecular weight is 550 g/mol. The highest BCUT2D eigenvalue weighted by Gasteiger charge is 2.48. The largest absolute Gasteiger partial charge is 0.350 e. The number of amides is 1. The van der Waals surface area contributed by atoms with Crippen molar-refractivity contribution in [1.29, 1.82) is 0 Å². The molecule has 1 aliphatic heterocycles. The lowest BCUT2D eigenvalue weighted by Crippen LogP contribution is -2.63. The van der Waals surface area contributed by atoms with Crippen molar-refractivity contribution in [3.05, 3.63) is 46.3 Å². The van der Waals surface area contributed by atoms with Crippen molar-refractivity contribution in [3.8, 4) is 0 Å². The van der Waals surface area contributed by atoms with E-state index in [1.165, 1.54) is 29.0 Å². The summed E-state index contributed by atoms with van der Waals surface area (Å²) in [6, 6.07) is 4.54. The first-order chi connectivity index (χ1) is 16.4. The molecule has 1 saturated carbocycles. The van der Waals surface area contributed by atoms with E-state index in [0.29, 0.717) is 18.1 Å². The van der Waals surface area contributed by atoms with Gasteiger partial charge in [0.25, 0.3) is 15.9 Å². The van der Waals surface area contributed by atoms with Gasteiger partial charge in [-0.1, -0.05) is 23.2 Å². The Labute approximate surface area is 213 Å². The number of carbonyl (C=O) groups is 1. The average Bonchev–Trinajstić information content (AvgIpc) is 3.26. The Morgan fingerprint density at radius 1 is 1.11 bits per heavy atom. The highest BCUT2D eigenvalue weighted by atomic mass is 35.5. The second-order valence-corrected chi connectivity index (χ2v) is 11.9. The standard InChI is InChI=1S/C22H27Cl2F2N5O3S/c1-29-13-19(28-15-29)35(33,34)31-10-8-30(9-11-31)21(4-6-22(25,26)7-5-21)14-27-20(32)17-3-2-16(23)12-18(17)24/h2-3,12-13,15H,4-11,14H2,1H3,(H,27,32). The zero-order chi connectivity index (χ0) is 25.4. The van der Waals surface area contributed by atoms with Crippen LogP contribution in [0.5, 0.6) is 0 Å². The highest BCUT2D eigenvalue weighted by Crippen LogP contribution is 2.42. The maximum absolute atomic E-state index is 14.0. The molecule has 0 radical (unpaired) electrons. The molecule has 1 aromatic carbocycles. The Balaban J connectivity index is 1.47. The Morgan fingerprint density at radius 2 is 1.77 bits per heavy atom. The number of imidazole rings is 1. The highest BCUT2D eigenvalue weighted by molar-refractivity contribution is 7.89. The van der Waals surface area contributed by atoms with Crippen LogP contribution in [0.25, 0.3) is 0 Å². The maximum atomic E-state index is 14.0. The van der Waals surface area contributed by atoms with E-state index in [9.17, 15) is 22.0 Å². The molecule has 0 atom stereocenters. The molecular weight excluding hydrogens is 523 g/mol. The first kappa shape index (κ1) is 26.3. The van der Waals surface area contributed by atoms with Gasteiger partial charge in [-0.05, 0) is 31.0 Å². The predicted molar refractivity (Wildman–Crippen MR) is 128 cm³/mol. The minimum atomic E-state index is -3.74. The normalized spacial score (nSPS) is 21.1.